The van der Waals surface area contributed by atoms with Gasteiger partial charge in [-0.05, 0) is 37.2 Å². The fourth-order valence-corrected chi connectivity index (χ4v) is 2.43. The Kier molecular flexibility index (Phi) is 10.1. The number of hydrogen-bond acceptors (Lipinski definition) is 3. The number of nitrogens with one attached hydrogen (secondary N) is 1. The van der Waals surface area contributed by atoms with Crippen molar-refractivity contribution in [3.05, 3.63) is 35.4 Å². The highest BCUT2D eigenvalue weighted by atomic mass is 35.5. The predicted octanol–water partition coefficient (Wildman–Crippen LogP) is 2.58. The summed E-state index contributed by atoms with van der Waals surface area (Å²) in [6, 6.07) is 7.04. The zero-order chi connectivity index (χ0) is 15.8. The number of halogens is 1. The molecular weight excluding hydrogens is 300 g/mol. The molecule has 1 aromatic rings. The van der Waals surface area contributed by atoms with Gasteiger partial charge in [-0.2, -0.15) is 0 Å². The molecule has 0 radical (unpaired) electrons. The van der Waals surface area contributed by atoms with Gasteiger partial charge in [0.05, 0.1) is 0 Å². The molecule has 1 rings (SSSR count). The summed E-state index contributed by atoms with van der Waals surface area (Å²) in [5, 5.41) is 12.0. The van der Waals surface area contributed by atoms with E-state index in [1.165, 1.54) is 0 Å². The van der Waals surface area contributed by atoms with E-state index in [0.717, 1.165) is 17.5 Å². The molecule has 0 aliphatic heterocycles. The Balaban J connectivity index is 0.00000441. The fraction of sp³-hybridized carbons (Fsp3) is 0.588. The Morgan fingerprint density at radius 1 is 1.27 bits per heavy atom. The third-order valence-corrected chi connectivity index (χ3v) is 3.63. The molecule has 2 atom stereocenters. The fourth-order valence-electron chi connectivity index (χ4n) is 2.43. The average molecular weight is 329 g/mol. The minimum atomic E-state index is -0.639. The van der Waals surface area contributed by atoms with Crippen LogP contribution < -0.4 is 11.1 Å². The van der Waals surface area contributed by atoms with Crippen LogP contribution in [0.1, 0.15) is 43.9 Å². The van der Waals surface area contributed by atoms with Gasteiger partial charge in [0.15, 0.2) is 0 Å². The maximum atomic E-state index is 12.1. The number of rotatable bonds is 8. The predicted molar refractivity (Wildman–Crippen MR) is 93.0 cm³/mol. The summed E-state index contributed by atoms with van der Waals surface area (Å²) >= 11 is 0. The quantitative estimate of drug-likeness (QED) is 0.686. The number of carbonyl (C=O) groups is 1. The second-order valence-corrected chi connectivity index (χ2v) is 6.14. The van der Waals surface area contributed by atoms with Crippen LogP contribution in [0.4, 0.5) is 0 Å². The van der Waals surface area contributed by atoms with Gasteiger partial charge < -0.3 is 16.2 Å². The molecule has 0 spiro atoms. The van der Waals surface area contributed by atoms with Gasteiger partial charge in [-0.1, -0.05) is 43.7 Å². The third kappa shape index (κ3) is 7.25. The molecule has 4 nitrogen and oxygen atoms in total. The first-order chi connectivity index (χ1) is 9.93. The average Bonchev–Trinajstić information content (AvgIpc) is 2.44. The van der Waals surface area contributed by atoms with Crippen molar-refractivity contribution >= 4 is 18.3 Å². The molecule has 0 aromatic heterocycles. The summed E-state index contributed by atoms with van der Waals surface area (Å²) in [5.41, 5.74) is 7.95. The maximum Gasteiger partial charge on any atom is 0.241 e. The molecule has 0 bridgehead atoms. The lowest BCUT2D eigenvalue weighted by atomic mass is 9.94. The summed E-state index contributed by atoms with van der Waals surface area (Å²) in [5.74, 6) is 0.680. The SMILES string of the molecule is Cc1ccc(C(N)C(=O)NCC(CCO)CC(C)C)cc1.Cl. The van der Waals surface area contributed by atoms with Crippen LogP contribution in [0.2, 0.25) is 0 Å². The standard InChI is InChI=1S/C17H28N2O2.ClH/c1-12(2)10-14(8-9-20)11-19-17(21)16(18)15-6-4-13(3)5-7-15;/h4-7,12,14,16,20H,8-11,18H2,1-3H3,(H,19,21);1H. The van der Waals surface area contributed by atoms with Gasteiger partial charge in [0.2, 0.25) is 5.91 Å². The number of aliphatic hydroxyl groups excluding tert-OH is 1. The minimum Gasteiger partial charge on any atom is -0.396 e. The van der Waals surface area contributed by atoms with E-state index in [4.69, 9.17) is 10.8 Å². The van der Waals surface area contributed by atoms with Crippen LogP contribution in [0.3, 0.4) is 0 Å². The summed E-state index contributed by atoms with van der Waals surface area (Å²) in [6.07, 6.45) is 1.69. The van der Waals surface area contributed by atoms with E-state index >= 15 is 0 Å². The molecular formula is C17H29ClN2O2. The van der Waals surface area contributed by atoms with Crippen LogP contribution in [0, 0.1) is 18.8 Å². The molecule has 1 amide bonds. The van der Waals surface area contributed by atoms with Crippen molar-refractivity contribution in [1.29, 1.82) is 0 Å². The molecule has 0 saturated heterocycles. The van der Waals surface area contributed by atoms with Gasteiger partial charge in [0.25, 0.3) is 0 Å². The molecule has 0 aliphatic carbocycles. The summed E-state index contributed by atoms with van der Waals surface area (Å²) in [4.78, 5) is 12.1. The zero-order valence-corrected chi connectivity index (χ0v) is 14.5. The van der Waals surface area contributed by atoms with Crippen LogP contribution >= 0.6 is 12.4 Å². The number of amides is 1. The molecule has 1 aromatic carbocycles. The molecule has 0 heterocycles. The van der Waals surface area contributed by atoms with Crippen LogP contribution in [-0.4, -0.2) is 24.2 Å². The van der Waals surface area contributed by atoms with Gasteiger partial charge in [0, 0.05) is 13.2 Å². The highest BCUT2D eigenvalue weighted by molar-refractivity contribution is 5.85. The Hall–Kier alpha value is -1.10. The second kappa shape index (κ2) is 10.6. The lowest BCUT2D eigenvalue weighted by molar-refractivity contribution is -0.122. The van der Waals surface area contributed by atoms with E-state index in [9.17, 15) is 4.79 Å². The van der Waals surface area contributed by atoms with Crippen molar-refractivity contribution < 1.29 is 9.90 Å². The van der Waals surface area contributed by atoms with E-state index < -0.39 is 6.04 Å². The molecule has 0 saturated carbocycles. The third-order valence-electron chi connectivity index (χ3n) is 3.63. The largest absolute Gasteiger partial charge is 0.396 e. The Labute approximate surface area is 139 Å². The number of aryl methyl sites for hydroxylation is 1. The first-order valence-electron chi connectivity index (χ1n) is 7.64. The summed E-state index contributed by atoms with van der Waals surface area (Å²) < 4.78 is 0. The van der Waals surface area contributed by atoms with Gasteiger partial charge in [0.1, 0.15) is 6.04 Å². The van der Waals surface area contributed by atoms with Crippen molar-refractivity contribution in [2.75, 3.05) is 13.2 Å². The van der Waals surface area contributed by atoms with Crippen molar-refractivity contribution in [1.82, 2.24) is 5.32 Å². The smallest absolute Gasteiger partial charge is 0.241 e. The molecule has 126 valence electrons. The Morgan fingerprint density at radius 2 is 1.86 bits per heavy atom. The lowest BCUT2D eigenvalue weighted by Crippen LogP contribution is -2.37. The second-order valence-electron chi connectivity index (χ2n) is 6.14. The molecule has 0 fully saturated rings. The molecule has 2 unspecified atom stereocenters. The zero-order valence-electron chi connectivity index (χ0n) is 13.7. The van der Waals surface area contributed by atoms with E-state index in [1.54, 1.807) is 0 Å². The van der Waals surface area contributed by atoms with E-state index in [1.807, 2.05) is 31.2 Å². The van der Waals surface area contributed by atoms with Crippen LogP contribution in [0.5, 0.6) is 0 Å². The number of benzene rings is 1. The highest BCUT2D eigenvalue weighted by Gasteiger charge is 2.17. The van der Waals surface area contributed by atoms with Gasteiger partial charge >= 0.3 is 0 Å². The normalized spacial score (nSPS) is 13.4. The summed E-state index contributed by atoms with van der Waals surface area (Å²) in [6.45, 7) is 7.00. The molecule has 5 heteroatoms. The van der Waals surface area contributed by atoms with E-state index in [2.05, 4.69) is 19.2 Å². The number of nitrogens with two attached hydrogens (primary N) is 1. The van der Waals surface area contributed by atoms with Crippen LogP contribution in [0.15, 0.2) is 24.3 Å². The van der Waals surface area contributed by atoms with Crippen molar-refractivity contribution in [2.45, 2.75) is 39.7 Å². The topological polar surface area (TPSA) is 75.4 Å². The maximum absolute atomic E-state index is 12.1. The Bertz CT molecular complexity index is 435. The van der Waals surface area contributed by atoms with E-state index in [0.29, 0.717) is 24.8 Å². The summed E-state index contributed by atoms with van der Waals surface area (Å²) in [7, 11) is 0. The molecule has 4 N–H and O–H groups in total. The van der Waals surface area contributed by atoms with Crippen molar-refractivity contribution in [2.24, 2.45) is 17.6 Å². The molecule has 22 heavy (non-hydrogen) atoms. The first kappa shape index (κ1) is 20.9. The van der Waals surface area contributed by atoms with E-state index in [-0.39, 0.29) is 24.9 Å². The molecule has 0 aliphatic rings. The van der Waals surface area contributed by atoms with Crippen molar-refractivity contribution in [3.63, 3.8) is 0 Å². The van der Waals surface area contributed by atoms with Gasteiger partial charge in [-0.25, -0.2) is 0 Å². The van der Waals surface area contributed by atoms with Crippen LogP contribution in [-0.2, 0) is 4.79 Å². The Morgan fingerprint density at radius 3 is 2.36 bits per heavy atom. The highest BCUT2D eigenvalue weighted by Crippen LogP contribution is 2.15. The van der Waals surface area contributed by atoms with Gasteiger partial charge in [-0.15, -0.1) is 12.4 Å². The van der Waals surface area contributed by atoms with Gasteiger partial charge in [-0.3, -0.25) is 4.79 Å². The van der Waals surface area contributed by atoms with Crippen molar-refractivity contribution in [3.8, 4) is 0 Å². The van der Waals surface area contributed by atoms with Crippen LogP contribution in [0.25, 0.3) is 0 Å². The lowest BCUT2D eigenvalue weighted by Gasteiger charge is -2.20. The number of hydrogen-bond donors (Lipinski definition) is 3. The number of aliphatic hydroxyl groups is 1. The monoisotopic (exact) mass is 328 g/mol. The first-order valence-corrected chi connectivity index (χ1v) is 7.64. The minimum absolute atomic E-state index is 0. The number of carbonyl (C=O) groups excluding carboxylic acids is 1.